The summed E-state index contributed by atoms with van der Waals surface area (Å²) < 4.78 is 29.3. The zero-order chi connectivity index (χ0) is 23.1. The van der Waals surface area contributed by atoms with Gasteiger partial charge in [0.15, 0.2) is 0 Å². The second-order valence-corrected chi connectivity index (χ2v) is 9.88. The number of carbonyl (C=O) groups excluding carboxylic acids is 1. The summed E-state index contributed by atoms with van der Waals surface area (Å²) in [5.41, 5.74) is 1.95. The number of sulfonamides is 1. The van der Waals surface area contributed by atoms with E-state index in [-0.39, 0.29) is 16.8 Å². The molecule has 7 heteroatoms. The van der Waals surface area contributed by atoms with Gasteiger partial charge in [-0.2, -0.15) is 4.72 Å². The average Bonchev–Trinajstić information content (AvgIpc) is 2.77. The van der Waals surface area contributed by atoms with Gasteiger partial charge < -0.3 is 10.6 Å². The molecule has 0 heterocycles. The van der Waals surface area contributed by atoms with Crippen LogP contribution in [0.4, 0.5) is 0 Å². The highest BCUT2D eigenvalue weighted by Crippen LogP contribution is 2.26. The number of hydrogen-bond acceptors (Lipinski definition) is 4. The van der Waals surface area contributed by atoms with Crippen molar-refractivity contribution in [3.05, 3.63) is 77.9 Å². The summed E-state index contributed by atoms with van der Waals surface area (Å²) in [5.74, 6) is -0.348. The smallest absolute Gasteiger partial charge is 0.241 e. The zero-order valence-electron chi connectivity index (χ0n) is 18.8. The molecule has 0 aromatic heterocycles. The molecule has 0 saturated carbocycles. The minimum absolute atomic E-state index is 0.177. The number of benzene rings is 3. The van der Waals surface area contributed by atoms with Gasteiger partial charge in [-0.25, -0.2) is 8.42 Å². The second kappa shape index (κ2) is 10.7. The predicted octanol–water partition coefficient (Wildman–Crippen LogP) is 3.50. The highest BCUT2D eigenvalue weighted by molar-refractivity contribution is 7.89. The standard InChI is InChI=1S/C25H31N3O3S/c1-18(2)26-16-15-23(25(29)27-17-20-9-5-4-6-10-20)28-32(30,31)24-14-13-19(3)21-11-7-8-12-22(21)24/h4-14,18,23,26,28H,15-17H2,1-3H3,(H,27,29). The van der Waals surface area contributed by atoms with Crippen LogP contribution < -0.4 is 15.4 Å². The fourth-order valence-corrected chi connectivity index (χ4v) is 5.02. The molecule has 6 nitrogen and oxygen atoms in total. The van der Waals surface area contributed by atoms with Crippen molar-refractivity contribution in [2.45, 2.75) is 50.7 Å². The third-order valence-corrected chi connectivity index (χ3v) is 6.83. The van der Waals surface area contributed by atoms with Gasteiger partial charge in [-0.05, 0) is 42.5 Å². The number of rotatable bonds is 10. The Morgan fingerprint density at radius 1 is 0.906 bits per heavy atom. The van der Waals surface area contributed by atoms with E-state index in [2.05, 4.69) is 15.4 Å². The Bertz CT molecular complexity index is 1160. The van der Waals surface area contributed by atoms with Crippen molar-refractivity contribution in [3.63, 3.8) is 0 Å². The van der Waals surface area contributed by atoms with Gasteiger partial charge in [0.05, 0.1) is 4.90 Å². The van der Waals surface area contributed by atoms with E-state index in [4.69, 9.17) is 0 Å². The van der Waals surface area contributed by atoms with Gasteiger partial charge in [0.25, 0.3) is 0 Å². The van der Waals surface area contributed by atoms with Crippen molar-refractivity contribution >= 4 is 26.7 Å². The maximum Gasteiger partial charge on any atom is 0.241 e. The van der Waals surface area contributed by atoms with Crippen molar-refractivity contribution in [2.24, 2.45) is 0 Å². The van der Waals surface area contributed by atoms with Crippen molar-refractivity contribution in [3.8, 4) is 0 Å². The first kappa shape index (κ1) is 23.9. The Morgan fingerprint density at radius 2 is 1.56 bits per heavy atom. The zero-order valence-corrected chi connectivity index (χ0v) is 19.6. The number of carbonyl (C=O) groups is 1. The largest absolute Gasteiger partial charge is 0.351 e. The Morgan fingerprint density at radius 3 is 2.25 bits per heavy atom. The quantitative estimate of drug-likeness (QED) is 0.438. The van der Waals surface area contributed by atoms with Gasteiger partial charge >= 0.3 is 0 Å². The van der Waals surface area contributed by atoms with Crippen LogP contribution in [0.15, 0.2) is 71.6 Å². The number of fused-ring (bicyclic) bond motifs is 1. The molecule has 32 heavy (non-hydrogen) atoms. The molecule has 0 aliphatic heterocycles. The second-order valence-electron chi connectivity index (χ2n) is 8.20. The Hall–Kier alpha value is -2.74. The summed E-state index contributed by atoms with van der Waals surface area (Å²) in [6, 6.07) is 19.7. The molecule has 0 aliphatic carbocycles. The first-order valence-corrected chi connectivity index (χ1v) is 12.3. The van der Waals surface area contributed by atoms with Crippen molar-refractivity contribution in [1.82, 2.24) is 15.4 Å². The first-order chi connectivity index (χ1) is 15.3. The molecule has 0 saturated heterocycles. The molecule has 3 aromatic carbocycles. The summed E-state index contributed by atoms with van der Waals surface area (Å²) in [6.07, 6.45) is 0.335. The highest BCUT2D eigenvalue weighted by Gasteiger charge is 2.27. The summed E-state index contributed by atoms with van der Waals surface area (Å²) in [5, 5.41) is 7.64. The summed E-state index contributed by atoms with van der Waals surface area (Å²) in [6.45, 7) is 6.81. The van der Waals surface area contributed by atoms with E-state index in [0.29, 0.717) is 24.9 Å². The molecule has 3 rings (SSSR count). The number of aryl methyl sites for hydroxylation is 1. The third kappa shape index (κ3) is 6.16. The fraction of sp³-hybridized carbons (Fsp3) is 0.320. The molecule has 0 bridgehead atoms. The average molecular weight is 454 g/mol. The molecular weight excluding hydrogens is 422 g/mol. The highest BCUT2D eigenvalue weighted by atomic mass is 32.2. The molecule has 0 spiro atoms. The number of hydrogen-bond donors (Lipinski definition) is 3. The van der Waals surface area contributed by atoms with Gasteiger partial charge in [0.2, 0.25) is 15.9 Å². The lowest BCUT2D eigenvalue weighted by Gasteiger charge is -2.20. The Kier molecular flexibility index (Phi) is 8.01. The first-order valence-electron chi connectivity index (χ1n) is 10.8. The maximum absolute atomic E-state index is 13.3. The van der Waals surface area contributed by atoms with Crippen LogP contribution in [0.25, 0.3) is 10.8 Å². The predicted molar refractivity (Wildman–Crippen MR) is 129 cm³/mol. The van der Waals surface area contributed by atoms with Crippen LogP contribution in [0.5, 0.6) is 0 Å². The SMILES string of the molecule is Cc1ccc(S(=O)(=O)NC(CCNC(C)C)C(=O)NCc2ccccc2)c2ccccc12. The van der Waals surface area contributed by atoms with Gasteiger partial charge in [-0.1, -0.05) is 74.5 Å². The monoisotopic (exact) mass is 453 g/mol. The van der Waals surface area contributed by atoms with E-state index in [1.165, 1.54) is 0 Å². The van der Waals surface area contributed by atoms with Crippen molar-refractivity contribution in [1.29, 1.82) is 0 Å². The van der Waals surface area contributed by atoms with Crippen LogP contribution >= 0.6 is 0 Å². The van der Waals surface area contributed by atoms with Gasteiger partial charge in [0, 0.05) is 18.0 Å². The van der Waals surface area contributed by atoms with Gasteiger partial charge in [-0.3, -0.25) is 4.79 Å². The Labute approximate surface area is 190 Å². The van der Waals surface area contributed by atoms with Crippen LogP contribution in [-0.2, 0) is 21.4 Å². The van der Waals surface area contributed by atoms with Crippen LogP contribution in [-0.4, -0.2) is 33.0 Å². The van der Waals surface area contributed by atoms with E-state index in [0.717, 1.165) is 16.5 Å². The maximum atomic E-state index is 13.3. The summed E-state index contributed by atoms with van der Waals surface area (Å²) in [4.78, 5) is 13.1. The fourth-order valence-electron chi connectivity index (χ4n) is 3.58. The van der Waals surface area contributed by atoms with Crippen LogP contribution in [0, 0.1) is 6.92 Å². The van der Waals surface area contributed by atoms with E-state index in [9.17, 15) is 13.2 Å². The molecule has 170 valence electrons. The minimum Gasteiger partial charge on any atom is -0.351 e. The van der Waals surface area contributed by atoms with E-state index < -0.39 is 16.1 Å². The number of nitrogens with one attached hydrogen (secondary N) is 3. The Balaban J connectivity index is 1.83. The molecule has 0 fully saturated rings. The van der Waals surface area contributed by atoms with Gasteiger partial charge in [-0.15, -0.1) is 0 Å². The third-order valence-electron chi connectivity index (χ3n) is 5.30. The topological polar surface area (TPSA) is 87.3 Å². The molecule has 3 aromatic rings. The van der Waals surface area contributed by atoms with Gasteiger partial charge in [0.1, 0.15) is 6.04 Å². The molecular formula is C25H31N3O3S. The minimum atomic E-state index is -3.92. The van der Waals surface area contributed by atoms with Crippen LogP contribution in [0.3, 0.4) is 0 Å². The molecule has 1 atom stereocenters. The van der Waals surface area contributed by atoms with E-state index >= 15 is 0 Å². The number of amides is 1. The van der Waals surface area contributed by atoms with Crippen molar-refractivity contribution < 1.29 is 13.2 Å². The molecule has 3 N–H and O–H groups in total. The van der Waals surface area contributed by atoms with E-state index in [1.54, 1.807) is 18.2 Å². The molecule has 1 amide bonds. The normalized spacial score (nSPS) is 12.8. The lowest BCUT2D eigenvalue weighted by molar-refractivity contribution is -0.123. The lowest BCUT2D eigenvalue weighted by atomic mass is 10.1. The summed E-state index contributed by atoms with van der Waals surface area (Å²) >= 11 is 0. The van der Waals surface area contributed by atoms with Crippen LogP contribution in [0.2, 0.25) is 0 Å². The lowest BCUT2D eigenvalue weighted by Crippen LogP contribution is -2.48. The summed E-state index contributed by atoms with van der Waals surface area (Å²) in [7, 11) is -3.92. The molecule has 0 aliphatic rings. The van der Waals surface area contributed by atoms with Crippen LogP contribution in [0.1, 0.15) is 31.4 Å². The molecule has 1 unspecified atom stereocenters. The van der Waals surface area contributed by atoms with Crippen molar-refractivity contribution in [2.75, 3.05) is 6.54 Å². The molecule has 0 radical (unpaired) electrons. The van der Waals surface area contributed by atoms with E-state index in [1.807, 2.05) is 69.3 Å².